The third kappa shape index (κ3) is 30.5. The van der Waals surface area contributed by atoms with Crippen LogP contribution in [0.1, 0.15) is 114 Å². The van der Waals surface area contributed by atoms with E-state index < -0.39 is 0 Å². The summed E-state index contributed by atoms with van der Waals surface area (Å²) in [6.07, 6.45) is 9.23. The number of hydrogen-bond acceptors (Lipinski definition) is 4. The van der Waals surface area contributed by atoms with Crippen molar-refractivity contribution >= 4 is 24.4 Å². The van der Waals surface area contributed by atoms with Crippen molar-refractivity contribution in [3.63, 3.8) is 0 Å². The van der Waals surface area contributed by atoms with Gasteiger partial charge in [0.15, 0.2) is 0 Å². The molecule has 0 fully saturated rings. The number of carbonyl (C=O) groups excluding carboxylic acids is 2. The van der Waals surface area contributed by atoms with Crippen LogP contribution in [-0.4, -0.2) is 24.1 Å². The fraction of sp³-hybridized carbons (Fsp3) is 0.913. The van der Waals surface area contributed by atoms with Gasteiger partial charge in [0.05, 0.1) is 12.5 Å². The maximum Gasteiger partial charge on any atom is 0.308 e. The van der Waals surface area contributed by atoms with Crippen molar-refractivity contribution in [2.75, 3.05) is 12.4 Å². The number of unbranched alkanes of at least 4 members (excludes halogenated alkanes) is 3. The van der Waals surface area contributed by atoms with Gasteiger partial charge in [0.1, 0.15) is 5.78 Å². The highest BCUT2D eigenvalue weighted by atomic mass is 32.1. The van der Waals surface area contributed by atoms with Crippen LogP contribution >= 0.6 is 12.6 Å². The molecule has 166 valence electrons. The number of thiol groups is 1. The predicted octanol–water partition coefficient (Wildman–Crippen LogP) is 7.52. The Morgan fingerprint density at radius 1 is 0.926 bits per heavy atom. The molecule has 0 saturated carbocycles. The topological polar surface area (TPSA) is 43.4 Å². The first-order valence-electron chi connectivity index (χ1n) is 10.6. The van der Waals surface area contributed by atoms with E-state index >= 15 is 0 Å². The molecule has 0 aromatic carbocycles. The van der Waals surface area contributed by atoms with E-state index in [1.807, 2.05) is 20.8 Å². The van der Waals surface area contributed by atoms with Crippen molar-refractivity contribution in [1.29, 1.82) is 0 Å². The normalized spacial score (nSPS) is 11.6. The van der Waals surface area contributed by atoms with Gasteiger partial charge in [-0.3, -0.25) is 9.59 Å². The number of esters is 1. The maximum absolute atomic E-state index is 11.1. The van der Waals surface area contributed by atoms with Crippen LogP contribution in [0.3, 0.4) is 0 Å². The minimum Gasteiger partial charge on any atom is -0.465 e. The minimum atomic E-state index is -0.0476. The van der Waals surface area contributed by atoms with Crippen LogP contribution < -0.4 is 0 Å². The van der Waals surface area contributed by atoms with Crippen molar-refractivity contribution in [3.05, 3.63) is 0 Å². The Morgan fingerprint density at radius 2 is 1.48 bits per heavy atom. The molecule has 0 bridgehead atoms. The van der Waals surface area contributed by atoms with Crippen molar-refractivity contribution in [3.8, 4) is 0 Å². The molecule has 0 radical (unpaired) electrons. The van der Waals surface area contributed by atoms with E-state index in [1.54, 1.807) is 0 Å². The quantitative estimate of drug-likeness (QED) is 0.207. The lowest BCUT2D eigenvalue weighted by Crippen LogP contribution is -2.14. The largest absolute Gasteiger partial charge is 0.465 e. The second-order valence-corrected chi connectivity index (χ2v) is 7.27. The van der Waals surface area contributed by atoms with E-state index in [9.17, 15) is 9.59 Å². The summed E-state index contributed by atoms with van der Waals surface area (Å²) in [6, 6.07) is 0. The monoisotopic (exact) mass is 406 g/mol. The molecule has 27 heavy (non-hydrogen) atoms. The van der Waals surface area contributed by atoms with Crippen LogP contribution in [0.25, 0.3) is 0 Å². The zero-order valence-corrected chi connectivity index (χ0v) is 19.5. The molecule has 0 aromatic rings. The van der Waals surface area contributed by atoms with Crippen LogP contribution in [0.4, 0.5) is 0 Å². The molecule has 4 heteroatoms. The molecule has 2 atom stereocenters. The molecule has 0 heterocycles. The highest BCUT2D eigenvalue weighted by Gasteiger charge is 2.10. The highest BCUT2D eigenvalue weighted by Crippen LogP contribution is 2.08. The summed E-state index contributed by atoms with van der Waals surface area (Å²) >= 11 is 4.14. The van der Waals surface area contributed by atoms with E-state index in [2.05, 4.69) is 40.3 Å². The third-order valence-corrected chi connectivity index (χ3v) is 4.75. The van der Waals surface area contributed by atoms with Gasteiger partial charge in [0, 0.05) is 12.8 Å². The number of ether oxygens (including phenoxy) is 1. The zero-order valence-electron chi connectivity index (χ0n) is 18.6. The summed E-state index contributed by atoms with van der Waals surface area (Å²) in [5.74, 6) is 1.85. The number of hydrogen-bond donors (Lipinski definition) is 1. The predicted molar refractivity (Wildman–Crippen MR) is 125 cm³/mol. The lowest BCUT2D eigenvalue weighted by Gasteiger charge is -2.08. The number of carbonyl (C=O) groups is 2. The van der Waals surface area contributed by atoms with Gasteiger partial charge >= 0.3 is 5.97 Å². The molecule has 0 amide bonds. The second kappa shape index (κ2) is 27.7. The molecular weight excluding hydrogens is 356 g/mol. The standard InChI is InChI=1S/C10H20O2.C8H16OS.C4H10.CH4/c1-4-6-7-8-12-10(11)9(3)5-2;1-3-8(9)5-4-7(2)6-10;1-3-4-2;/h9H,4-8H2,1-3H3;7,10H,3-6H2,1-2H3;3-4H2,1-2H3;1H4. The summed E-state index contributed by atoms with van der Waals surface area (Å²) in [5.41, 5.74) is 0. The molecule has 0 aliphatic heterocycles. The van der Waals surface area contributed by atoms with Gasteiger partial charge < -0.3 is 4.74 Å². The van der Waals surface area contributed by atoms with E-state index in [1.165, 1.54) is 19.3 Å². The zero-order chi connectivity index (χ0) is 20.8. The average Bonchev–Trinajstić information content (AvgIpc) is 2.68. The smallest absolute Gasteiger partial charge is 0.308 e. The minimum absolute atomic E-state index is 0. The first-order valence-corrected chi connectivity index (χ1v) is 11.3. The van der Waals surface area contributed by atoms with E-state index in [-0.39, 0.29) is 19.3 Å². The third-order valence-electron chi connectivity index (χ3n) is 4.13. The van der Waals surface area contributed by atoms with Crippen LogP contribution in [0.2, 0.25) is 0 Å². The SMILES string of the molecule is C.CCC(=O)CCC(C)CS.CCCC.CCCCCOC(=O)C(C)CC. The van der Waals surface area contributed by atoms with Gasteiger partial charge in [-0.15, -0.1) is 0 Å². The first kappa shape index (κ1) is 34.0. The lowest BCUT2D eigenvalue weighted by atomic mass is 10.0. The maximum atomic E-state index is 11.1. The summed E-state index contributed by atoms with van der Waals surface area (Å²) in [5, 5.41) is 0. The average molecular weight is 407 g/mol. The Balaban J connectivity index is -0.000000160. The Labute approximate surface area is 176 Å². The molecule has 0 aliphatic carbocycles. The lowest BCUT2D eigenvalue weighted by molar-refractivity contribution is -0.148. The molecule has 0 spiro atoms. The van der Waals surface area contributed by atoms with Crippen molar-refractivity contribution in [1.82, 2.24) is 0 Å². The molecule has 3 nitrogen and oxygen atoms in total. The van der Waals surface area contributed by atoms with E-state index in [0.717, 1.165) is 37.9 Å². The fourth-order valence-corrected chi connectivity index (χ4v) is 1.69. The molecule has 0 N–H and O–H groups in total. The molecule has 0 aromatic heterocycles. The second-order valence-electron chi connectivity index (χ2n) is 6.90. The van der Waals surface area contributed by atoms with E-state index in [0.29, 0.717) is 24.7 Å². The summed E-state index contributed by atoms with van der Waals surface area (Å²) in [7, 11) is 0. The van der Waals surface area contributed by atoms with Crippen LogP contribution in [0.15, 0.2) is 0 Å². The molecule has 0 aliphatic rings. The Hall–Kier alpha value is -0.510. The van der Waals surface area contributed by atoms with Crippen molar-refractivity contribution in [2.45, 2.75) is 114 Å². The summed E-state index contributed by atoms with van der Waals surface area (Å²) in [6.45, 7) is 15.0. The van der Waals surface area contributed by atoms with Gasteiger partial charge in [-0.2, -0.15) is 12.6 Å². The molecule has 0 saturated heterocycles. The first-order chi connectivity index (χ1) is 12.3. The van der Waals surface area contributed by atoms with Gasteiger partial charge in [0.2, 0.25) is 0 Å². The summed E-state index contributed by atoms with van der Waals surface area (Å²) in [4.78, 5) is 21.9. The van der Waals surface area contributed by atoms with Gasteiger partial charge in [-0.05, 0) is 30.9 Å². The van der Waals surface area contributed by atoms with Gasteiger partial charge in [-0.1, -0.05) is 81.6 Å². The van der Waals surface area contributed by atoms with Crippen molar-refractivity contribution < 1.29 is 14.3 Å². The fourth-order valence-electron chi connectivity index (χ4n) is 1.51. The number of Topliss-reactive ketones (excluding diaryl/α,β-unsaturated/α-hetero) is 1. The van der Waals surface area contributed by atoms with Crippen LogP contribution in [-0.2, 0) is 14.3 Å². The highest BCUT2D eigenvalue weighted by molar-refractivity contribution is 7.80. The molecular formula is C23H50O3S. The van der Waals surface area contributed by atoms with E-state index in [4.69, 9.17) is 4.74 Å². The molecule has 0 rings (SSSR count). The molecule has 2 unspecified atom stereocenters. The summed E-state index contributed by atoms with van der Waals surface area (Å²) < 4.78 is 5.06. The Bertz CT molecular complexity index is 304. The van der Waals surface area contributed by atoms with Gasteiger partial charge in [-0.25, -0.2) is 0 Å². The van der Waals surface area contributed by atoms with Crippen LogP contribution in [0, 0.1) is 11.8 Å². The Morgan fingerprint density at radius 3 is 1.85 bits per heavy atom. The van der Waals surface area contributed by atoms with Crippen LogP contribution in [0.5, 0.6) is 0 Å². The Kier molecular flexibility index (Phi) is 34.9. The van der Waals surface area contributed by atoms with Crippen molar-refractivity contribution in [2.24, 2.45) is 11.8 Å². The van der Waals surface area contributed by atoms with Gasteiger partial charge in [0.25, 0.3) is 0 Å². The number of ketones is 1. The number of rotatable bonds is 12.